The zero-order valence-electron chi connectivity index (χ0n) is 11.2. The number of ether oxygens (including phenoxy) is 2. The lowest BCUT2D eigenvalue weighted by molar-refractivity contribution is -0.179. The van der Waals surface area contributed by atoms with Gasteiger partial charge in [-0.3, -0.25) is 5.84 Å². The van der Waals surface area contributed by atoms with Crippen LogP contribution in [0.5, 0.6) is 0 Å². The second-order valence-electron chi connectivity index (χ2n) is 5.15. The molecule has 2 N–H and O–H groups in total. The van der Waals surface area contributed by atoms with Gasteiger partial charge in [0.25, 0.3) is 0 Å². The molecule has 0 aromatic heterocycles. The highest BCUT2D eigenvalue weighted by Crippen LogP contribution is 2.30. The molecule has 1 aliphatic rings. The molecule has 1 aliphatic heterocycles. The molecule has 106 valence electrons. The van der Waals surface area contributed by atoms with Crippen molar-refractivity contribution in [3.63, 3.8) is 0 Å². The number of nitrogens with zero attached hydrogens (tertiary/aromatic N) is 1. The normalized spacial score (nSPS) is 24.3. The summed E-state index contributed by atoms with van der Waals surface area (Å²) in [6.07, 6.45) is 0.982. The highest BCUT2D eigenvalue weighted by Gasteiger charge is 2.56. The first-order chi connectivity index (χ1) is 7.74. The molecule has 0 saturated carbocycles. The number of hydrazine groups is 1. The van der Waals surface area contributed by atoms with Gasteiger partial charge in [0.1, 0.15) is 5.60 Å². The van der Waals surface area contributed by atoms with Gasteiger partial charge in [-0.25, -0.2) is 14.6 Å². The summed E-state index contributed by atoms with van der Waals surface area (Å²) in [4.78, 5) is 24.0. The van der Waals surface area contributed by atoms with Crippen LogP contribution in [0.25, 0.3) is 0 Å². The fourth-order valence-corrected chi connectivity index (χ4v) is 1.89. The Hall–Kier alpha value is -0.850. The smallest absolute Gasteiger partial charge is 0.340 e. The van der Waals surface area contributed by atoms with Crippen LogP contribution in [0.4, 0.5) is 0 Å². The van der Waals surface area contributed by atoms with E-state index in [1.54, 1.807) is 20.8 Å². The first-order valence-corrected chi connectivity index (χ1v) is 5.58. The fourth-order valence-electron chi connectivity index (χ4n) is 1.89. The number of rotatable bonds is 2. The van der Waals surface area contributed by atoms with Crippen molar-refractivity contribution in [1.29, 1.82) is 0 Å². The molecule has 0 unspecified atom stereocenters. The molecular weight excluding hydrogens is 260 g/mol. The van der Waals surface area contributed by atoms with Gasteiger partial charge in [-0.1, -0.05) is 0 Å². The Morgan fingerprint density at radius 2 is 1.83 bits per heavy atom. The second-order valence-corrected chi connectivity index (χ2v) is 5.15. The minimum absolute atomic E-state index is 0. The summed E-state index contributed by atoms with van der Waals surface area (Å²) in [6, 6.07) is 0. The number of carbonyl (C=O) groups excluding carboxylic acids is 2. The Morgan fingerprint density at radius 1 is 1.28 bits per heavy atom. The molecule has 1 rings (SSSR count). The number of carbonyl (C=O) groups is 2. The number of hydrogen-bond acceptors (Lipinski definition) is 6. The number of halogens is 1. The van der Waals surface area contributed by atoms with Crippen molar-refractivity contribution in [3.05, 3.63) is 0 Å². The van der Waals surface area contributed by atoms with E-state index < -0.39 is 23.1 Å². The van der Waals surface area contributed by atoms with Crippen molar-refractivity contribution >= 4 is 24.3 Å². The molecule has 6 nitrogen and oxygen atoms in total. The third kappa shape index (κ3) is 3.13. The van der Waals surface area contributed by atoms with E-state index in [-0.39, 0.29) is 12.4 Å². The second kappa shape index (κ2) is 5.86. The van der Waals surface area contributed by atoms with Gasteiger partial charge in [0.2, 0.25) is 5.54 Å². The minimum atomic E-state index is -1.48. The molecule has 0 aliphatic carbocycles. The van der Waals surface area contributed by atoms with Crippen molar-refractivity contribution in [2.75, 3.05) is 13.7 Å². The predicted octanol–water partition coefficient (Wildman–Crippen LogP) is 0.631. The van der Waals surface area contributed by atoms with Crippen molar-refractivity contribution < 1.29 is 19.1 Å². The summed E-state index contributed by atoms with van der Waals surface area (Å²) >= 11 is 0. The zero-order valence-corrected chi connectivity index (χ0v) is 12.0. The van der Waals surface area contributed by atoms with Gasteiger partial charge in [0.05, 0.1) is 7.11 Å². The van der Waals surface area contributed by atoms with Crippen LogP contribution in [0.2, 0.25) is 0 Å². The Bertz CT molecular complexity index is 329. The number of hydrogen-bond donors (Lipinski definition) is 1. The van der Waals surface area contributed by atoms with Gasteiger partial charge in [0.15, 0.2) is 0 Å². The van der Waals surface area contributed by atoms with Gasteiger partial charge < -0.3 is 9.47 Å². The first-order valence-electron chi connectivity index (χ1n) is 5.58. The van der Waals surface area contributed by atoms with Crippen LogP contribution in [-0.2, 0) is 19.1 Å². The van der Waals surface area contributed by atoms with Crippen LogP contribution >= 0.6 is 12.4 Å². The molecular formula is C11H21ClN2O4. The van der Waals surface area contributed by atoms with E-state index in [2.05, 4.69) is 4.74 Å². The van der Waals surface area contributed by atoms with Gasteiger partial charge in [-0.2, -0.15) is 0 Å². The Kier molecular flexibility index (Phi) is 5.58. The van der Waals surface area contributed by atoms with Gasteiger partial charge in [0, 0.05) is 6.54 Å². The summed E-state index contributed by atoms with van der Waals surface area (Å²) in [6.45, 7) is 5.69. The standard InChI is InChI=1S/C11H20N2O4.ClH/c1-10(2,3)17-9(15)11(8(14)16-4)6-5-7-13(11)12;/h5-7,12H2,1-4H3;1H/t11-;/m0./s1. The van der Waals surface area contributed by atoms with E-state index in [4.69, 9.17) is 10.6 Å². The number of methoxy groups -OCH3 is 1. The van der Waals surface area contributed by atoms with E-state index in [9.17, 15) is 9.59 Å². The summed E-state index contributed by atoms with van der Waals surface area (Å²) in [5.41, 5.74) is -2.15. The maximum Gasteiger partial charge on any atom is 0.340 e. The third-order valence-corrected chi connectivity index (χ3v) is 2.69. The molecule has 7 heteroatoms. The predicted molar refractivity (Wildman–Crippen MR) is 68.0 cm³/mol. The van der Waals surface area contributed by atoms with E-state index in [1.165, 1.54) is 12.1 Å². The largest absolute Gasteiger partial charge is 0.467 e. The molecule has 1 atom stereocenters. The van der Waals surface area contributed by atoms with Gasteiger partial charge in [-0.05, 0) is 33.6 Å². The summed E-state index contributed by atoms with van der Waals surface area (Å²) in [5, 5.41) is 1.22. The molecule has 1 saturated heterocycles. The fraction of sp³-hybridized carbons (Fsp3) is 0.818. The average Bonchev–Trinajstić information content (AvgIpc) is 2.57. The molecule has 0 aromatic carbocycles. The number of nitrogens with two attached hydrogens (primary N) is 1. The maximum atomic E-state index is 12.1. The van der Waals surface area contributed by atoms with E-state index >= 15 is 0 Å². The van der Waals surface area contributed by atoms with Crippen molar-refractivity contribution in [2.24, 2.45) is 5.84 Å². The number of esters is 2. The lowest BCUT2D eigenvalue weighted by Crippen LogP contribution is -2.61. The summed E-state index contributed by atoms with van der Waals surface area (Å²) in [5.74, 6) is 4.44. The molecule has 0 bridgehead atoms. The highest BCUT2D eigenvalue weighted by molar-refractivity contribution is 6.05. The van der Waals surface area contributed by atoms with E-state index in [1.807, 2.05) is 0 Å². The van der Waals surface area contributed by atoms with Crippen LogP contribution < -0.4 is 5.84 Å². The lowest BCUT2D eigenvalue weighted by atomic mass is 9.97. The summed E-state index contributed by atoms with van der Waals surface area (Å²) < 4.78 is 9.94. The lowest BCUT2D eigenvalue weighted by Gasteiger charge is -2.33. The van der Waals surface area contributed by atoms with Gasteiger partial charge >= 0.3 is 11.9 Å². The highest BCUT2D eigenvalue weighted by atomic mass is 35.5. The topological polar surface area (TPSA) is 81.9 Å². The van der Waals surface area contributed by atoms with Crippen molar-refractivity contribution in [2.45, 2.75) is 44.8 Å². The van der Waals surface area contributed by atoms with E-state index in [0.29, 0.717) is 19.4 Å². The maximum absolute atomic E-state index is 12.1. The van der Waals surface area contributed by atoms with Crippen LogP contribution in [0.15, 0.2) is 0 Å². The SMILES string of the molecule is COC(=O)[C@]1(C(=O)OC(C)(C)C)CCCN1N.Cl. The molecule has 0 radical (unpaired) electrons. The third-order valence-electron chi connectivity index (χ3n) is 2.69. The first kappa shape index (κ1) is 17.2. The average molecular weight is 281 g/mol. The Balaban J connectivity index is 0.00000289. The van der Waals surface area contributed by atoms with Crippen LogP contribution in [0.3, 0.4) is 0 Å². The molecule has 0 spiro atoms. The summed E-state index contributed by atoms with van der Waals surface area (Å²) in [7, 11) is 1.24. The Labute approximate surface area is 113 Å². The monoisotopic (exact) mass is 280 g/mol. The van der Waals surface area contributed by atoms with Crippen LogP contribution in [-0.4, -0.2) is 41.7 Å². The zero-order chi connectivity index (χ0) is 13.3. The van der Waals surface area contributed by atoms with E-state index in [0.717, 1.165) is 0 Å². The molecule has 1 heterocycles. The van der Waals surface area contributed by atoms with Gasteiger partial charge in [-0.15, -0.1) is 12.4 Å². The van der Waals surface area contributed by atoms with Crippen LogP contribution in [0, 0.1) is 0 Å². The molecule has 0 aromatic rings. The van der Waals surface area contributed by atoms with Crippen LogP contribution in [0.1, 0.15) is 33.6 Å². The van der Waals surface area contributed by atoms with Crippen molar-refractivity contribution in [1.82, 2.24) is 5.01 Å². The molecule has 0 amide bonds. The quantitative estimate of drug-likeness (QED) is 0.454. The van der Waals surface area contributed by atoms with Crippen molar-refractivity contribution in [3.8, 4) is 0 Å². The molecule has 1 fully saturated rings. The Morgan fingerprint density at radius 3 is 2.17 bits per heavy atom. The molecule has 18 heavy (non-hydrogen) atoms. The minimum Gasteiger partial charge on any atom is -0.467 e.